The van der Waals surface area contributed by atoms with Gasteiger partial charge in [0.2, 0.25) is 11.8 Å². The number of nitrogens with one attached hydrogen (secondary N) is 7. The molecule has 29 heteroatoms. The number of benzene rings is 5. The molecule has 17 rings (SSSR count). The Hall–Kier alpha value is -9.01. The molecule has 1 saturated carbocycles. The molecule has 5 aromatic carbocycles. The van der Waals surface area contributed by atoms with Crippen molar-refractivity contribution in [3.05, 3.63) is 124 Å². The SMILES string of the molecule is CC(=O)NCC1(C)CC2(CN(c3cc(Cl)cc4[nH]ncc34)C2)C1.CN1C(=O)NC(C2CCN(c3cc(Cl)cc4[nH]ncc34)CC2)C1=O.CN1C(=O)[C@@H]2CC[C@H]1CN(c1cc(C(F)(F)F)cc3[nH]ncc13)C2.CNC(=O)c1ccc(N2CCN(c3cc(Cl)cc4[nH]ncc34)CC2)cc1. The lowest BCUT2D eigenvalue weighted by Gasteiger charge is -2.64. The molecule has 1 aliphatic carbocycles. The van der Waals surface area contributed by atoms with Gasteiger partial charge >= 0.3 is 12.2 Å². The number of aromatic amines is 4. The number of anilines is 5. The number of alkyl halides is 3. The van der Waals surface area contributed by atoms with Crippen molar-refractivity contribution < 1.29 is 37.1 Å². The lowest BCUT2D eigenvalue weighted by molar-refractivity contribution is -0.138. The maximum Gasteiger partial charge on any atom is 0.416 e. The molecule has 8 aliphatic rings. The number of carbonyl (C=O) groups is 5. The standard InChI is InChI=1S/C19H20ClN5O.C17H21ClN4O.C16H18ClN5O2.C16H17F3N4O/c1-21-19(26)13-2-4-15(5-3-13)24-6-8-25(9-7-24)18-11-14(20)10-17-16(18)12-22-23-17;1-11(23)19-8-16(2)6-17(7-16)9-22(10-17)15-4-12(18)3-14-13(15)5-20-21-14;1-21-15(23)14(19-16(21)24)9-2-4-22(5-3-9)13-7-10(17)6-12-11(13)8-18-20-12;1-22-11-3-2-9(15(22)24)7-23(8-11)14-5-10(16(17,18)19)4-13-12(14)6-20-21-13/h2-5,10-12H,6-9H2,1H3,(H,21,26)(H,22,23);3-5H,6-10H2,1-2H3,(H,19,23)(H,20,21);6-9,14H,2-5H2,1H3,(H,18,20)(H,19,24);4-6,9,11H,2-3,7-8H2,1H3,(H,20,21)/t;;;9-,11+/m...1/s1. The number of fused-ring (bicyclic) bond motifs is 8. The van der Waals surface area contributed by atoms with E-state index in [9.17, 15) is 37.1 Å². The van der Waals surface area contributed by atoms with Crippen molar-refractivity contribution in [2.75, 3.05) is 118 Å². The van der Waals surface area contributed by atoms with Crippen molar-refractivity contribution in [3.8, 4) is 0 Å². The van der Waals surface area contributed by atoms with Crippen LogP contribution in [0.4, 0.5) is 46.4 Å². The quantitative estimate of drug-likeness (QED) is 0.0664. The number of H-pyrrole nitrogens is 4. The largest absolute Gasteiger partial charge is 0.416 e. The second-order valence-corrected chi connectivity index (χ2v) is 28.4. The number of hydrogen-bond acceptors (Lipinski definition) is 14. The van der Waals surface area contributed by atoms with Gasteiger partial charge in [0.15, 0.2) is 0 Å². The molecule has 7 N–H and O–H groups in total. The number of likely N-dealkylation sites (N-methyl/N-ethyl adjacent to an activating group) is 2. The number of piperidine rings is 2. The first-order valence-corrected chi connectivity index (χ1v) is 33.6. The van der Waals surface area contributed by atoms with Gasteiger partial charge in [0.05, 0.1) is 58.3 Å². The fourth-order valence-electron chi connectivity index (χ4n) is 15.5. The predicted octanol–water partition coefficient (Wildman–Crippen LogP) is 10.5. The van der Waals surface area contributed by atoms with Crippen LogP contribution >= 0.6 is 34.8 Å². The number of rotatable bonds is 9. The van der Waals surface area contributed by atoms with Crippen LogP contribution in [0.3, 0.4) is 0 Å². The Balaban J connectivity index is 0.000000117. The van der Waals surface area contributed by atoms with Gasteiger partial charge in [-0.1, -0.05) is 41.7 Å². The van der Waals surface area contributed by atoms with Gasteiger partial charge in [0.1, 0.15) is 6.04 Å². The molecule has 8 fully saturated rings. The van der Waals surface area contributed by atoms with Crippen molar-refractivity contribution in [2.45, 2.75) is 70.6 Å². The normalized spacial score (nSPS) is 20.6. The van der Waals surface area contributed by atoms with Crippen molar-refractivity contribution in [1.29, 1.82) is 0 Å². The van der Waals surface area contributed by atoms with Crippen LogP contribution in [0.25, 0.3) is 43.6 Å². The summed E-state index contributed by atoms with van der Waals surface area (Å²) < 4.78 is 39.7. The first-order chi connectivity index (χ1) is 46.4. The summed E-state index contributed by atoms with van der Waals surface area (Å²) in [5.41, 5.74) is 8.82. The van der Waals surface area contributed by atoms with Gasteiger partial charge in [-0.25, -0.2) is 4.79 Å². The van der Waals surface area contributed by atoms with Crippen molar-refractivity contribution in [1.82, 2.24) is 66.5 Å². The molecule has 97 heavy (non-hydrogen) atoms. The number of carbonyl (C=O) groups excluding carboxylic acids is 5. The van der Waals surface area contributed by atoms with Crippen LogP contribution in [0.5, 0.6) is 0 Å². The van der Waals surface area contributed by atoms with Crippen molar-refractivity contribution >= 4 is 137 Å². The number of imide groups is 1. The molecule has 23 nitrogen and oxygen atoms in total. The van der Waals surface area contributed by atoms with E-state index in [0.29, 0.717) is 50.7 Å². The summed E-state index contributed by atoms with van der Waals surface area (Å²) in [7, 11) is 4.94. The summed E-state index contributed by atoms with van der Waals surface area (Å²) in [6.45, 7) is 13.0. The molecule has 3 atom stereocenters. The number of aromatic nitrogens is 8. The van der Waals surface area contributed by atoms with E-state index in [2.05, 4.69) is 83.3 Å². The van der Waals surface area contributed by atoms with Gasteiger partial charge in [0.25, 0.3) is 11.8 Å². The minimum atomic E-state index is -4.43. The molecule has 1 spiro atoms. The van der Waals surface area contributed by atoms with Crippen molar-refractivity contribution in [2.24, 2.45) is 22.7 Å². The first kappa shape index (κ1) is 66.6. The second-order valence-electron chi connectivity index (χ2n) is 27.1. The lowest BCUT2D eigenvalue weighted by atomic mass is 9.50. The smallest absolute Gasteiger partial charge is 0.371 e. The second kappa shape index (κ2) is 26.8. The Morgan fingerprint density at radius 3 is 1.58 bits per heavy atom. The Morgan fingerprint density at radius 1 is 0.608 bits per heavy atom. The summed E-state index contributed by atoms with van der Waals surface area (Å²) in [5.74, 6) is -0.0374. The minimum absolute atomic E-state index is 0.0349. The van der Waals surface area contributed by atoms with Gasteiger partial charge < -0.3 is 45.3 Å². The number of halogens is 6. The highest BCUT2D eigenvalue weighted by Crippen LogP contribution is 2.59. The number of urea groups is 1. The molecule has 510 valence electrons. The highest BCUT2D eigenvalue weighted by molar-refractivity contribution is 6.32. The third kappa shape index (κ3) is 13.7. The fourth-order valence-corrected chi connectivity index (χ4v) is 16.2. The first-order valence-electron chi connectivity index (χ1n) is 32.5. The molecular weight excluding hydrogens is 1310 g/mol. The van der Waals surface area contributed by atoms with E-state index in [1.165, 1.54) is 36.5 Å². The van der Waals surface area contributed by atoms with Crippen LogP contribution in [-0.2, 0) is 20.6 Å². The molecular formula is C68H76Cl3F3N18O5. The van der Waals surface area contributed by atoms with Crippen molar-refractivity contribution in [3.63, 3.8) is 0 Å². The number of piperazine rings is 1. The van der Waals surface area contributed by atoms with E-state index in [0.717, 1.165) is 145 Å². The average Bonchev–Trinajstić information content (AvgIpc) is 1.70. The molecule has 2 bridgehead atoms. The van der Waals surface area contributed by atoms with Crippen LogP contribution in [-0.4, -0.2) is 185 Å². The highest BCUT2D eigenvalue weighted by atomic mass is 35.5. The molecule has 9 aromatic rings. The topological polar surface area (TPSA) is 259 Å². The number of nitrogens with zero attached hydrogens (tertiary/aromatic N) is 11. The van der Waals surface area contributed by atoms with Gasteiger partial charge in [0, 0.05) is 182 Å². The maximum atomic E-state index is 13.2. The summed E-state index contributed by atoms with van der Waals surface area (Å²) in [6, 6.07) is 21.0. The molecule has 4 aromatic heterocycles. The molecule has 7 aliphatic heterocycles. The maximum absolute atomic E-state index is 13.2. The fraction of sp³-hybridized carbons (Fsp3) is 0.426. The predicted molar refractivity (Wildman–Crippen MR) is 371 cm³/mol. The summed E-state index contributed by atoms with van der Waals surface area (Å²) in [5, 5.41) is 42.3. The summed E-state index contributed by atoms with van der Waals surface area (Å²) in [4.78, 5) is 73.0. The molecule has 11 heterocycles. The van der Waals surface area contributed by atoms with Gasteiger partial charge in [-0.15, -0.1) is 0 Å². The van der Waals surface area contributed by atoms with E-state index in [-0.39, 0.29) is 53.0 Å². The number of hydrogen-bond donors (Lipinski definition) is 7. The van der Waals surface area contributed by atoms with Crippen LogP contribution < -0.4 is 40.4 Å². The zero-order chi connectivity index (χ0) is 68.2. The molecule has 7 saturated heterocycles. The van der Waals surface area contributed by atoms with Gasteiger partial charge in [-0.2, -0.15) is 33.6 Å². The minimum Gasteiger partial charge on any atom is -0.371 e. The monoisotopic (exact) mass is 1390 g/mol. The number of amides is 6. The van der Waals surface area contributed by atoms with Gasteiger partial charge in [-0.05, 0) is 123 Å². The lowest BCUT2D eigenvalue weighted by Crippen LogP contribution is -2.66. The zero-order valence-corrected chi connectivity index (χ0v) is 56.6. The van der Waals surface area contributed by atoms with Crippen LogP contribution in [0.1, 0.15) is 68.3 Å². The summed E-state index contributed by atoms with van der Waals surface area (Å²) >= 11 is 18.7. The Bertz CT molecular complexity index is 4430. The van der Waals surface area contributed by atoms with E-state index in [1.807, 2.05) is 84.2 Å². The summed E-state index contributed by atoms with van der Waals surface area (Å²) in [6.07, 6.45) is 8.36. The molecule has 1 unspecified atom stereocenters. The average molecular weight is 1390 g/mol. The van der Waals surface area contributed by atoms with Crippen LogP contribution in [0, 0.1) is 22.7 Å². The highest BCUT2D eigenvalue weighted by Gasteiger charge is 2.58. The Labute approximate surface area is 572 Å². The van der Waals surface area contributed by atoms with Crippen LogP contribution in [0.2, 0.25) is 15.1 Å². The van der Waals surface area contributed by atoms with E-state index < -0.39 is 17.8 Å². The molecule has 0 radical (unpaired) electrons. The third-order valence-electron chi connectivity index (χ3n) is 20.3. The Kier molecular flexibility index (Phi) is 18.4. The van der Waals surface area contributed by atoms with Crippen LogP contribution in [0.15, 0.2) is 97.6 Å². The van der Waals surface area contributed by atoms with E-state index in [4.69, 9.17) is 34.8 Å². The van der Waals surface area contributed by atoms with E-state index in [1.54, 1.807) is 32.1 Å². The van der Waals surface area contributed by atoms with E-state index >= 15 is 0 Å². The third-order valence-corrected chi connectivity index (χ3v) is 21.0. The van der Waals surface area contributed by atoms with Gasteiger partial charge in [-0.3, -0.25) is 44.5 Å². The Morgan fingerprint density at radius 2 is 1.09 bits per heavy atom. The molecule has 6 amide bonds. The zero-order valence-electron chi connectivity index (χ0n) is 54.3.